The number of benzene rings is 3. The smallest absolute Gasteiger partial charge is 0.226 e. The van der Waals surface area contributed by atoms with E-state index in [9.17, 15) is 15.0 Å². The van der Waals surface area contributed by atoms with Crippen molar-refractivity contribution in [2.45, 2.75) is 64.8 Å². The van der Waals surface area contributed by atoms with Gasteiger partial charge < -0.3 is 24.8 Å². The van der Waals surface area contributed by atoms with Gasteiger partial charge in [-0.15, -0.1) is 0 Å². The first-order valence-corrected chi connectivity index (χ1v) is 16.0. The van der Waals surface area contributed by atoms with Crippen LogP contribution in [0.5, 0.6) is 17.2 Å². The molecule has 6 heteroatoms. The fraction of sp³-hybridized carbons (Fsp3) is 0.432. The molecule has 4 fully saturated rings. The molecule has 1 aromatic heterocycles. The third-order valence-corrected chi connectivity index (χ3v) is 10.4. The third-order valence-electron chi connectivity index (χ3n) is 10.4. The van der Waals surface area contributed by atoms with Crippen molar-refractivity contribution in [2.75, 3.05) is 13.2 Å². The molecule has 0 unspecified atom stereocenters. The Morgan fingerprint density at radius 3 is 2.21 bits per heavy atom. The fourth-order valence-electron chi connectivity index (χ4n) is 8.73. The summed E-state index contributed by atoms with van der Waals surface area (Å²) in [5.41, 5.74) is 5.30. The normalized spacial score (nSPS) is 24.0. The summed E-state index contributed by atoms with van der Waals surface area (Å²) in [5, 5.41) is 24.3. The van der Waals surface area contributed by atoms with Crippen LogP contribution in [-0.4, -0.2) is 33.8 Å². The predicted octanol–water partition coefficient (Wildman–Crippen LogP) is 7.57. The van der Waals surface area contributed by atoms with Crippen LogP contribution >= 0.6 is 0 Å². The number of aromatic hydroxyl groups is 2. The van der Waals surface area contributed by atoms with E-state index in [2.05, 4.69) is 28.9 Å². The molecule has 0 radical (unpaired) electrons. The van der Waals surface area contributed by atoms with Gasteiger partial charge in [-0.2, -0.15) is 0 Å². The van der Waals surface area contributed by atoms with Gasteiger partial charge in [0.25, 0.3) is 0 Å². The quantitative estimate of drug-likeness (QED) is 0.170. The molecule has 4 aliphatic carbocycles. The molecule has 1 amide bonds. The highest BCUT2D eigenvalue weighted by Crippen LogP contribution is 2.60. The van der Waals surface area contributed by atoms with Crippen molar-refractivity contribution in [2.24, 2.45) is 23.2 Å². The van der Waals surface area contributed by atoms with Gasteiger partial charge in [-0.05, 0) is 147 Å². The molecular weight excluding hydrogens is 536 g/mol. The largest absolute Gasteiger partial charge is 0.508 e. The highest BCUT2D eigenvalue weighted by Gasteiger charge is 2.54. The van der Waals surface area contributed by atoms with Crippen LogP contribution in [0.25, 0.3) is 22.2 Å². The number of nitrogens with zero attached hydrogens (tertiary/aromatic N) is 1. The number of carbonyl (C=O) groups is 1. The van der Waals surface area contributed by atoms with Crippen molar-refractivity contribution in [3.05, 3.63) is 77.9 Å². The van der Waals surface area contributed by atoms with Gasteiger partial charge in [0.15, 0.2) is 0 Å². The van der Waals surface area contributed by atoms with Crippen molar-refractivity contribution >= 4 is 16.8 Å². The molecule has 4 bridgehead atoms. The summed E-state index contributed by atoms with van der Waals surface area (Å²) in [6.45, 7) is 4.10. The number of unbranched alkanes of at least 4 members (excludes halogenated alkanes) is 1. The van der Waals surface area contributed by atoms with Gasteiger partial charge in [0.1, 0.15) is 17.2 Å². The van der Waals surface area contributed by atoms with Gasteiger partial charge in [-0.25, -0.2) is 0 Å². The Labute approximate surface area is 253 Å². The summed E-state index contributed by atoms with van der Waals surface area (Å²) in [6, 6.07) is 21.0. The molecule has 8 rings (SSSR count). The molecule has 4 saturated carbocycles. The summed E-state index contributed by atoms with van der Waals surface area (Å²) in [7, 11) is 0. The molecule has 224 valence electrons. The highest BCUT2D eigenvalue weighted by atomic mass is 16.5. The maximum absolute atomic E-state index is 13.2. The van der Waals surface area contributed by atoms with Crippen LogP contribution in [0.4, 0.5) is 0 Å². The lowest BCUT2D eigenvalue weighted by molar-refractivity contribution is -0.146. The zero-order chi connectivity index (χ0) is 29.6. The van der Waals surface area contributed by atoms with Crippen LogP contribution in [0, 0.1) is 30.1 Å². The number of nitrogens with one attached hydrogen (secondary N) is 1. The van der Waals surface area contributed by atoms with Gasteiger partial charge >= 0.3 is 0 Å². The van der Waals surface area contributed by atoms with Crippen LogP contribution in [-0.2, 0) is 11.3 Å². The molecule has 0 spiro atoms. The molecule has 3 aromatic carbocycles. The second-order valence-electron chi connectivity index (χ2n) is 13.5. The van der Waals surface area contributed by atoms with Crippen molar-refractivity contribution in [1.29, 1.82) is 0 Å². The van der Waals surface area contributed by atoms with E-state index in [1.165, 1.54) is 19.3 Å². The summed E-state index contributed by atoms with van der Waals surface area (Å²) in [6.07, 6.45) is 9.26. The number of amides is 1. The van der Waals surface area contributed by atoms with Crippen LogP contribution in [0.3, 0.4) is 0 Å². The van der Waals surface area contributed by atoms with E-state index in [4.69, 9.17) is 4.74 Å². The molecule has 0 atom stereocenters. The summed E-state index contributed by atoms with van der Waals surface area (Å²) >= 11 is 0. The van der Waals surface area contributed by atoms with Crippen LogP contribution < -0.4 is 10.1 Å². The van der Waals surface area contributed by atoms with Crippen molar-refractivity contribution in [3.8, 4) is 28.5 Å². The van der Waals surface area contributed by atoms with Crippen LogP contribution in [0.1, 0.15) is 62.5 Å². The number of rotatable bonds is 10. The zero-order valence-electron chi connectivity index (χ0n) is 25.0. The van der Waals surface area contributed by atoms with Gasteiger partial charge in [-0.1, -0.05) is 12.1 Å². The predicted molar refractivity (Wildman–Crippen MR) is 169 cm³/mol. The van der Waals surface area contributed by atoms with Crippen molar-refractivity contribution in [3.63, 3.8) is 0 Å². The summed E-state index contributed by atoms with van der Waals surface area (Å²) in [5.74, 6) is 4.02. The third kappa shape index (κ3) is 5.48. The Hall–Kier alpha value is -3.93. The number of ether oxygens (including phenoxy) is 1. The highest BCUT2D eigenvalue weighted by molar-refractivity contribution is 5.92. The SMILES string of the molecule is Cc1c(-c2ccc(O)cc2)n(Cc2ccc(OCCCCNC(=O)C34CC5CC(CC(C5)C3)C4)cc2)c2ccc(O)cc12. The molecule has 0 aliphatic heterocycles. The molecule has 1 heterocycles. The minimum atomic E-state index is -0.0643. The number of hydrogen-bond donors (Lipinski definition) is 3. The lowest BCUT2D eigenvalue weighted by Gasteiger charge is -2.55. The van der Waals surface area contributed by atoms with E-state index >= 15 is 0 Å². The number of aryl methyl sites for hydroxylation is 1. The van der Waals surface area contributed by atoms with E-state index in [1.807, 2.05) is 36.4 Å². The molecular formula is C37H42N2O4. The lowest BCUT2D eigenvalue weighted by Crippen LogP contribution is -2.53. The molecule has 0 saturated heterocycles. The second kappa shape index (κ2) is 11.3. The molecule has 4 aromatic rings. The van der Waals surface area contributed by atoms with E-state index in [1.54, 1.807) is 18.2 Å². The van der Waals surface area contributed by atoms with Gasteiger partial charge in [-0.3, -0.25) is 4.79 Å². The minimum Gasteiger partial charge on any atom is -0.508 e. The number of phenols is 2. The topological polar surface area (TPSA) is 83.7 Å². The first-order valence-electron chi connectivity index (χ1n) is 16.0. The summed E-state index contributed by atoms with van der Waals surface area (Å²) in [4.78, 5) is 13.2. The standard InChI is InChI=1S/C37H42N2O4/c1-24-33-19-31(41)10-13-34(33)39(35(24)29-6-8-30(40)9-7-29)23-25-4-11-32(12-5-25)43-15-3-2-14-38-36(42)37-20-26-16-27(21-37)18-28(17-26)22-37/h4-13,19,26-28,40-41H,2-3,14-18,20-23H2,1H3,(H,38,42). The zero-order valence-corrected chi connectivity index (χ0v) is 25.0. The Morgan fingerprint density at radius 2 is 1.53 bits per heavy atom. The first kappa shape index (κ1) is 27.9. The molecule has 43 heavy (non-hydrogen) atoms. The van der Waals surface area contributed by atoms with E-state index < -0.39 is 0 Å². The average Bonchev–Trinajstić information content (AvgIpc) is 3.25. The van der Waals surface area contributed by atoms with E-state index in [-0.39, 0.29) is 16.9 Å². The Bertz CT molecular complexity index is 1580. The molecule has 6 nitrogen and oxygen atoms in total. The van der Waals surface area contributed by atoms with E-state index in [0.717, 1.165) is 95.4 Å². The van der Waals surface area contributed by atoms with Gasteiger partial charge in [0.2, 0.25) is 5.91 Å². The van der Waals surface area contributed by atoms with E-state index in [0.29, 0.717) is 19.1 Å². The number of fused-ring (bicyclic) bond motifs is 1. The first-order chi connectivity index (χ1) is 20.9. The van der Waals surface area contributed by atoms with Crippen molar-refractivity contribution < 1.29 is 19.7 Å². The molecule has 4 aliphatic rings. The Morgan fingerprint density at radius 1 is 0.884 bits per heavy atom. The van der Waals surface area contributed by atoms with Crippen LogP contribution in [0.2, 0.25) is 0 Å². The van der Waals surface area contributed by atoms with Crippen molar-refractivity contribution in [1.82, 2.24) is 9.88 Å². The Kier molecular flexibility index (Phi) is 7.32. The number of aromatic nitrogens is 1. The minimum absolute atomic E-state index is 0.0643. The van der Waals surface area contributed by atoms with Gasteiger partial charge in [0.05, 0.1) is 12.3 Å². The lowest BCUT2D eigenvalue weighted by atomic mass is 9.49. The molecule has 3 N–H and O–H groups in total. The number of carbonyl (C=O) groups excluding carboxylic acids is 1. The van der Waals surface area contributed by atoms with Crippen LogP contribution in [0.15, 0.2) is 66.7 Å². The maximum atomic E-state index is 13.2. The van der Waals surface area contributed by atoms with Gasteiger partial charge in [0, 0.05) is 29.4 Å². The fourth-order valence-corrected chi connectivity index (χ4v) is 8.73. The Balaban J connectivity index is 0.937. The summed E-state index contributed by atoms with van der Waals surface area (Å²) < 4.78 is 8.31. The maximum Gasteiger partial charge on any atom is 0.226 e. The second-order valence-corrected chi connectivity index (χ2v) is 13.5. The number of hydrogen-bond acceptors (Lipinski definition) is 4. The monoisotopic (exact) mass is 578 g/mol. The average molecular weight is 579 g/mol. The number of phenolic OH excluding ortho intramolecular Hbond substituents is 2.